The minimum Gasteiger partial charge on any atom is -0.365 e. The number of benzene rings is 2. The van der Waals surface area contributed by atoms with Crippen molar-refractivity contribution >= 4 is 17.4 Å². The van der Waals surface area contributed by atoms with Gasteiger partial charge >= 0.3 is 6.18 Å². The fourth-order valence-corrected chi connectivity index (χ4v) is 3.83. The van der Waals surface area contributed by atoms with Crippen LogP contribution in [0.25, 0.3) is 16.9 Å². The Morgan fingerprint density at radius 2 is 1.66 bits per heavy atom. The van der Waals surface area contributed by atoms with E-state index in [0.717, 1.165) is 16.3 Å². The van der Waals surface area contributed by atoms with Gasteiger partial charge in [-0.1, -0.05) is 30.3 Å². The van der Waals surface area contributed by atoms with Gasteiger partial charge in [-0.3, -0.25) is 9.78 Å². The highest BCUT2D eigenvalue weighted by Gasteiger charge is 2.36. The van der Waals surface area contributed by atoms with E-state index in [1.165, 1.54) is 36.7 Å². The van der Waals surface area contributed by atoms with Crippen LogP contribution in [0.4, 0.5) is 24.7 Å². The topological polar surface area (TPSA) is 84.7 Å². The fraction of sp³-hybridized carbons (Fsp3) is 0.0714. The van der Waals surface area contributed by atoms with E-state index < -0.39 is 17.8 Å². The molecule has 1 amide bonds. The van der Waals surface area contributed by atoms with E-state index >= 15 is 0 Å². The quantitative estimate of drug-likeness (QED) is 0.270. The van der Waals surface area contributed by atoms with Crippen molar-refractivity contribution < 1.29 is 18.0 Å². The second-order valence-corrected chi connectivity index (χ2v) is 8.31. The van der Waals surface area contributed by atoms with Crippen molar-refractivity contribution in [2.24, 2.45) is 0 Å². The highest BCUT2D eigenvalue weighted by Crippen LogP contribution is 2.34. The molecule has 10 heteroatoms. The third-order valence-corrected chi connectivity index (χ3v) is 5.68. The van der Waals surface area contributed by atoms with Crippen LogP contribution < -0.4 is 10.6 Å². The molecule has 190 valence electrons. The Balaban J connectivity index is 1.35. The fourth-order valence-electron chi connectivity index (χ4n) is 3.83. The van der Waals surface area contributed by atoms with Gasteiger partial charge in [-0.25, -0.2) is 9.67 Å². The lowest BCUT2D eigenvalue weighted by molar-refractivity contribution is -0.142. The maximum absolute atomic E-state index is 13.8. The van der Waals surface area contributed by atoms with Gasteiger partial charge in [-0.15, -0.1) is 0 Å². The number of halogens is 3. The molecule has 0 spiro atoms. The van der Waals surface area contributed by atoms with Crippen molar-refractivity contribution in [2.45, 2.75) is 12.7 Å². The molecule has 7 nitrogen and oxygen atoms in total. The van der Waals surface area contributed by atoms with Crippen molar-refractivity contribution in [3.05, 3.63) is 120 Å². The van der Waals surface area contributed by atoms with E-state index in [4.69, 9.17) is 0 Å². The van der Waals surface area contributed by atoms with Crippen molar-refractivity contribution in [2.75, 3.05) is 10.6 Å². The molecule has 0 atom stereocenters. The van der Waals surface area contributed by atoms with Gasteiger partial charge in [0.05, 0.1) is 16.9 Å². The highest BCUT2D eigenvalue weighted by molar-refractivity contribution is 6.07. The number of hydrogen-bond donors (Lipinski definition) is 2. The Morgan fingerprint density at radius 1 is 0.895 bits per heavy atom. The molecule has 0 unspecified atom stereocenters. The van der Waals surface area contributed by atoms with Crippen molar-refractivity contribution in [3.63, 3.8) is 0 Å². The van der Waals surface area contributed by atoms with Crippen LogP contribution in [0, 0.1) is 0 Å². The van der Waals surface area contributed by atoms with Gasteiger partial charge in [0, 0.05) is 36.4 Å². The molecule has 0 saturated carbocycles. The van der Waals surface area contributed by atoms with Gasteiger partial charge in [-0.05, 0) is 60.2 Å². The maximum atomic E-state index is 13.8. The third kappa shape index (κ3) is 5.54. The summed E-state index contributed by atoms with van der Waals surface area (Å²) in [4.78, 5) is 21.2. The highest BCUT2D eigenvalue weighted by atomic mass is 19.4. The van der Waals surface area contributed by atoms with E-state index in [0.29, 0.717) is 29.2 Å². The molecule has 0 aliphatic heterocycles. The Kier molecular flexibility index (Phi) is 6.86. The van der Waals surface area contributed by atoms with Crippen molar-refractivity contribution in [3.8, 4) is 16.9 Å². The van der Waals surface area contributed by atoms with Gasteiger partial charge < -0.3 is 10.6 Å². The first-order valence-electron chi connectivity index (χ1n) is 11.6. The van der Waals surface area contributed by atoms with Gasteiger partial charge in [-0.2, -0.15) is 18.3 Å². The maximum Gasteiger partial charge on any atom is 0.433 e. The SMILES string of the molecule is O=C(Nc1ccc(-n2nc(-c3cccnc3)cc2C(F)(F)F)cc1)c1cccnc1NCc1ccccc1. The zero-order chi connectivity index (χ0) is 26.5. The largest absolute Gasteiger partial charge is 0.433 e. The van der Waals surface area contributed by atoms with Crippen LogP contribution >= 0.6 is 0 Å². The van der Waals surface area contributed by atoms with Crippen LogP contribution in [-0.4, -0.2) is 25.7 Å². The molecular formula is C28H21F3N6O. The molecule has 3 heterocycles. The minimum atomic E-state index is -4.62. The molecule has 38 heavy (non-hydrogen) atoms. The molecule has 2 N–H and O–H groups in total. The molecular weight excluding hydrogens is 493 g/mol. The van der Waals surface area contributed by atoms with Crippen LogP contribution in [0.1, 0.15) is 21.6 Å². The molecule has 2 aromatic carbocycles. The van der Waals surface area contributed by atoms with Crippen molar-refractivity contribution in [1.82, 2.24) is 19.7 Å². The number of pyridine rings is 2. The molecule has 0 saturated heterocycles. The van der Waals surface area contributed by atoms with E-state index in [1.807, 2.05) is 30.3 Å². The minimum absolute atomic E-state index is 0.148. The molecule has 5 aromatic rings. The van der Waals surface area contributed by atoms with Crippen LogP contribution in [0.3, 0.4) is 0 Å². The molecule has 0 aliphatic carbocycles. The van der Waals surface area contributed by atoms with E-state index in [2.05, 4.69) is 25.7 Å². The first kappa shape index (κ1) is 24.7. The summed E-state index contributed by atoms with van der Waals surface area (Å²) in [6, 6.07) is 23.2. The predicted octanol–water partition coefficient (Wildman–Crippen LogP) is 6.21. The summed E-state index contributed by atoms with van der Waals surface area (Å²) in [5, 5.41) is 10.1. The van der Waals surface area contributed by atoms with Crippen molar-refractivity contribution in [1.29, 1.82) is 0 Å². The number of rotatable bonds is 7. The average molecular weight is 515 g/mol. The zero-order valence-corrected chi connectivity index (χ0v) is 19.9. The Bertz CT molecular complexity index is 1530. The second-order valence-electron chi connectivity index (χ2n) is 8.31. The van der Waals surface area contributed by atoms with Gasteiger partial charge in [0.2, 0.25) is 0 Å². The molecule has 5 rings (SSSR count). The Morgan fingerprint density at radius 3 is 2.37 bits per heavy atom. The molecule has 0 fully saturated rings. The van der Waals surface area contributed by atoms with Gasteiger partial charge in [0.25, 0.3) is 5.91 Å². The van der Waals surface area contributed by atoms with Gasteiger partial charge in [0.15, 0.2) is 0 Å². The Hall–Kier alpha value is -4.99. The number of nitrogens with zero attached hydrogens (tertiary/aromatic N) is 4. The number of alkyl halides is 3. The number of carbonyl (C=O) groups excluding carboxylic acids is 1. The average Bonchev–Trinajstić information content (AvgIpc) is 3.40. The smallest absolute Gasteiger partial charge is 0.365 e. The van der Waals surface area contributed by atoms with Crippen LogP contribution in [0.15, 0.2) is 104 Å². The first-order chi connectivity index (χ1) is 18.4. The lowest BCUT2D eigenvalue weighted by atomic mass is 10.2. The first-order valence-corrected chi connectivity index (χ1v) is 11.6. The summed E-state index contributed by atoms with van der Waals surface area (Å²) < 4.78 is 42.1. The number of hydrogen-bond acceptors (Lipinski definition) is 5. The number of anilines is 2. The number of amides is 1. The molecule has 0 radical (unpaired) electrons. The molecule has 0 bridgehead atoms. The summed E-state index contributed by atoms with van der Waals surface area (Å²) in [7, 11) is 0. The van der Waals surface area contributed by atoms with Gasteiger partial charge in [0.1, 0.15) is 11.5 Å². The normalized spacial score (nSPS) is 11.2. The summed E-state index contributed by atoms with van der Waals surface area (Å²) in [5.41, 5.74) is 1.66. The van der Waals surface area contributed by atoms with Crippen LogP contribution in [0.2, 0.25) is 0 Å². The van der Waals surface area contributed by atoms with E-state index in [1.54, 1.807) is 30.5 Å². The lowest BCUT2D eigenvalue weighted by Crippen LogP contribution is -2.16. The zero-order valence-electron chi connectivity index (χ0n) is 19.9. The number of carbonyl (C=O) groups is 1. The monoisotopic (exact) mass is 514 g/mol. The second kappa shape index (κ2) is 10.6. The summed E-state index contributed by atoms with van der Waals surface area (Å²) in [5.74, 6) is 0.00936. The summed E-state index contributed by atoms with van der Waals surface area (Å²) in [6.45, 7) is 0.485. The number of nitrogens with one attached hydrogen (secondary N) is 2. The Labute approximate surface area is 216 Å². The van der Waals surface area contributed by atoms with Crippen LogP contribution in [0.5, 0.6) is 0 Å². The standard InChI is InChI=1S/C28H21F3N6O/c29-28(30,31)25-16-24(20-8-4-14-32-18-20)36-37(25)22-12-10-21(11-13-22)35-27(38)23-9-5-15-33-26(23)34-17-19-6-2-1-3-7-19/h1-16,18H,17H2,(H,33,34)(H,35,38). The third-order valence-electron chi connectivity index (χ3n) is 5.68. The lowest BCUT2D eigenvalue weighted by Gasteiger charge is -2.13. The molecule has 3 aromatic heterocycles. The summed E-state index contributed by atoms with van der Waals surface area (Å²) >= 11 is 0. The van der Waals surface area contributed by atoms with E-state index in [-0.39, 0.29) is 11.4 Å². The summed E-state index contributed by atoms with van der Waals surface area (Å²) in [6.07, 6.45) is -0.0519. The predicted molar refractivity (Wildman–Crippen MR) is 138 cm³/mol. The van der Waals surface area contributed by atoms with Crippen LogP contribution in [-0.2, 0) is 12.7 Å². The number of aromatic nitrogens is 4. The van der Waals surface area contributed by atoms with E-state index in [9.17, 15) is 18.0 Å². The molecule has 0 aliphatic rings.